The van der Waals surface area contributed by atoms with Crippen LogP contribution in [-0.4, -0.2) is 32.6 Å². The molecule has 0 aliphatic carbocycles. The number of pyridine rings is 1. The second kappa shape index (κ2) is 9.79. The van der Waals surface area contributed by atoms with Crippen molar-refractivity contribution < 1.29 is 14.0 Å². The van der Waals surface area contributed by atoms with Gasteiger partial charge in [0.25, 0.3) is 5.91 Å². The van der Waals surface area contributed by atoms with Crippen molar-refractivity contribution in [3.63, 3.8) is 0 Å². The normalized spacial score (nSPS) is 19.0. The molecule has 3 atom stereocenters. The summed E-state index contributed by atoms with van der Waals surface area (Å²) in [6.07, 6.45) is 4.86. The van der Waals surface area contributed by atoms with Gasteiger partial charge in [-0.3, -0.25) is 14.6 Å². The molecule has 2 amide bonds. The lowest BCUT2D eigenvalue weighted by atomic mass is 9.93. The molecule has 5 aromatic rings. The molecule has 0 bridgehead atoms. The van der Waals surface area contributed by atoms with Gasteiger partial charge >= 0.3 is 0 Å². The number of anilines is 1. The third-order valence-corrected chi connectivity index (χ3v) is 7.29. The van der Waals surface area contributed by atoms with Crippen molar-refractivity contribution >= 4 is 28.4 Å². The van der Waals surface area contributed by atoms with Gasteiger partial charge < -0.3 is 10.2 Å². The van der Waals surface area contributed by atoms with Gasteiger partial charge in [0, 0.05) is 23.5 Å². The number of amides is 2. The Bertz CT molecular complexity index is 1680. The first-order chi connectivity index (χ1) is 18.9. The number of fused-ring (bicyclic) bond motifs is 1. The van der Waals surface area contributed by atoms with Crippen molar-refractivity contribution in [2.75, 3.05) is 4.90 Å². The Morgan fingerprint density at radius 2 is 1.74 bits per heavy atom. The first kappa shape index (κ1) is 24.5. The first-order valence-electron chi connectivity index (χ1n) is 12.7. The van der Waals surface area contributed by atoms with E-state index in [1.165, 1.54) is 18.3 Å². The quantitative estimate of drug-likeness (QED) is 0.338. The number of hydrogen-bond donors (Lipinski definition) is 1. The van der Waals surface area contributed by atoms with Crippen LogP contribution in [0.25, 0.3) is 16.6 Å². The molecule has 1 N–H and O–H groups in total. The van der Waals surface area contributed by atoms with E-state index >= 15 is 0 Å². The summed E-state index contributed by atoms with van der Waals surface area (Å²) in [5.74, 6) is -1.13. The van der Waals surface area contributed by atoms with Crippen molar-refractivity contribution in [2.24, 2.45) is 5.92 Å². The van der Waals surface area contributed by atoms with E-state index in [-0.39, 0.29) is 17.6 Å². The molecule has 1 aliphatic rings. The number of nitrogens with zero attached hydrogens (tertiary/aromatic N) is 4. The molecule has 3 unspecified atom stereocenters. The molecule has 2 aromatic heterocycles. The molecule has 1 fully saturated rings. The van der Waals surface area contributed by atoms with Crippen LogP contribution in [0.15, 0.2) is 97.5 Å². The fourth-order valence-electron chi connectivity index (χ4n) is 5.34. The Labute approximate surface area is 224 Å². The number of halogens is 1. The van der Waals surface area contributed by atoms with Crippen LogP contribution in [0.2, 0.25) is 0 Å². The van der Waals surface area contributed by atoms with Gasteiger partial charge in [0.05, 0.1) is 41.0 Å². The molecule has 0 spiro atoms. The lowest BCUT2D eigenvalue weighted by Crippen LogP contribution is -2.42. The number of aryl methyl sites for hydroxylation is 1. The lowest BCUT2D eigenvalue weighted by Gasteiger charge is -2.30. The van der Waals surface area contributed by atoms with Crippen LogP contribution in [0.4, 0.5) is 10.1 Å². The van der Waals surface area contributed by atoms with E-state index in [2.05, 4.69) is 21.5 Å². The molecular weight excluding hydrogens is 493 g/mol. The molecule has 39 heavy (non-hydrogen) atoms. The maximum Gasteiger partial charge on any atom is 0.253 e. The largest absolute Gasteiger partial charge is 0.346 e. The third kappa shape index (κ3) is 4.44. The zero-order chi connectivity index (χ0) is 27.1. The number of carbonyl (C=O) groups excluding carboxylic acids is 2. The summed E-state index contributed by atoms with van der Waals surface area (Å²) in [7, 11) is 0. The van der Waals surface area contributed by atoms with Crippen molar-refractivity contribution in [1.29, 1.82) is 0 Å². The second-order valence-electron chi connectivity index (χ2n) is 9.87. The van der Waals surface area contributed by atoms with Crippen molar-refractivity contribution in [1.82, 2.24) is 20.1 Å². The molecule has 7 nitrogen and oxygen atoms in total. The number of benzene rings is 3. The topological polar surface area (TPSA) is 80.1 Å². The predicted octanol–water partition coefficient (Wildman–Crippen LogP) is 5.39. The van der Waals surface area contributed by atoms with Gasteiger partial charge in [-0.1, -0.05) is 36.8 Å². The third-order valence-electron chi connectivity index (χ3n) is 7.29. The standard InChI is InChI=1S/C31H26FN5O2/c1-19-5-3-6-21(15-19)29-28(35-30(38)22-7-4-14-33-17-22)20(2)31(39)36(29)26-12-13-27-23(16-26)18-34-37(27)25-10-8-24(32)9-11-25/h3-18,20,28-29H,1-2H3,(H,35,38). The molecule has 1 aliphatic heterocycles. The second-order valence-corrected chi connectivity index (χ2v) is 9.87. The summed E-state index contributed by atoms with van der Waals surface area (Å²) in [6, 6.07) is 22.4. The zero-order valence-electron chi connectivity index (χ0n) is 21.5. The smallest absolute Gasteiger partial charge is 0.253 e. The number of rotatable bonds is 5. The van der Waals surface area contributed by atoms with E-state index in [9.17, 15) is 14.0 Å². The monoisotopic (exact) mass is 519 g/mol. The zero-order valence-corrected chi connectivity index (χ0v) is 21.5. The molecular formula is C31H26FN5O2. The average molecular weight is 520 g/mol. The van der Waals surface area contributed by atoms with Crippen LogP contribution in [0.3, 0.4) is 0 Å². The fraction of sp³-hybridized carbons (Fsp3) is 0.161. The van der Waals surface area contributed by atoms with Crippen LogP contribution in [-0.2, 0) is 4.79 Å². The summed E-state index contributed by atoms with van der Waals surface area (Å²) in [5, 5.41) is 8.46. The number of nitrogens with one attached hydrogen (secondary N) is 1. The minimum absolute atomic E-state index is 0.0803. The summed E-state index contributed by atoms with van der Waals surface area (Å²) >= 11 is 0. The Morgan fingerprint density at radius 3 is 2.49 bits per heavy atom. The van der Waals surface area contributed by atoms with E-state index in [0.29, 0.717) is 11.3 Å². The number of hydrogen-bond acceptors (Lipinski definition) is 4. The molecule has 3 aromatic carbocycles. The summed E-state index contributed by atoms with van der Waals surface area (Å²) in [4.78, 5) is 32.8. The minimum atomic E-state index is -0.468. The predicted molar refractivity (Wildman–Crippen MR) is 147 cm³/mol. The highest BCUT2D eigenvalue weighted by Gasteiger charge is 2.48. The SMILES string of the molecule is Cc1cccc(C2C(NC(=O)c3cccnc3)C(C)C(=O)N2c2ccc3c(cnn3-c3ccc(F)cc3)c2)c1. The lowest BCUT2D eigenvalue weighted by molar-refractivity contribution is -0.120. The first-order valence-corrected chi connectivity index (χ1v) is 12.7. The molecule has 1 saturated heterocycles. The van der Waals surface area contributed by atoms with Crippen LogP contribution in [0.1, 0.15) is 34.5 Å². The van der Waals surface area contributed by atoms with Crippen LogP contribution in [0, 0.1) is 18.7 Å². The molecule has 194 valence electrons. The van der Waals surface area contributed by atoms with Gasteiger partial charge in [0.2, 0.25) is 5.91 Å². The van der Waals surface area contributed by atoms with Crippen molar-refractivity contribution in [3.05, 3.63) is 120 Å². The van der Waals surface area contributed by atoms with E-state index in [0.717, 1.165) is 27.7 Å². The van der Waals surface area contributed by atoms with Crippen molar-refractivity contribution in [2.45, 2.75) is 25.9 Å². The van der Waals surface area contributed by atoms with Gasteiger partial charge in [-0.2, -0.15) is 5.10 Å². The Kier molecular flexibility index (Phi) is 6.15. The maximum atomic E-state index is 13.8. The van der Waals surface area contributed by atoms with Gasteiger partial charge in [-0.15, -0.1) is 0 Å². The number of carbonyl (C=O) groups is 2. The Balaban J connectivity index is 1.41. The fourth-order valence-corrected chi connectivity index (χ4v) is 5.34. The highest BCUT2D eigenvalue weighted by molar-refractivity contribution is 6.02. The van der Waals surface area contributed by atoms with Gasteiger partial charge in [0.15, 0.2) is 0 Å². The van der Waals surface area contributed by atoms with E-state index in [4.69, 9.17) is 0 Å². The van der Waals surface area contributed by atoms with E-state index in [1.807, 2.05) is 50.2 Å². The highest BCUT2D eigenvalue weighted by Crippen LogP contribution is 2.41. The average Bonchev–Trinajstić information content (AvgIpc) is 3.48. The molecule has 8 heteroatoms. The van der Waals surface area contributed by atoms with E-state index in [1.54, 1.807) is 46.2 Å². The Morgan fingerprint density at radius 1 is 0.949 bits per heavy atom. The molecule has 0 saturated carbocycles. The molecule has 6 rings (SSSR count). The van der Waals surface area contributed by atoms with Gasteiger partial charge in [-0.05, 0) is 67.1 Å². The van der Waals surface area contributed by atoms with E-state index < -0.39 is 18.0 Å². The van der Waals surface area contributed by atoms with Crippen LogP contribution in [0.5, 0.6) is 0 Å². The van der Waals surface area contributed by atoms with Crippen molar-refractivity contribution in [3.8, 4) is 5.69 Å². The maximum absolute atomic E-state index is 13.8. The summed E-state index contributed by atoms with van der Waals surface area (Å²) in [5.41, 5.74) is 4.72. The highest BCUT2D eigenvalue weighted by atomic mass is 19.1. The summed E-state index contributed by atoms with van der Waals surface area (Å²) < 4.78 is 15.2. The van der Waals surface area contributed by atoms with Gasteiger partial charge in [-0.25, -0.2) is 9.07 Å². The van der Waals surface area contributed by atoms with Crippen LogP contribution < -0.4 is 10.2 Å². The number of aromatic nitrogens is 3. The minimum Gasteiger partial charge on any atom is -0.346 e. The Hall–Kier alpha value is -4.85. The van der Waals surface area contributed by atoms with Crippen LogP contribution >= 0.6 is 0 Å². The molecule has 3 heterocycles. The molecule has 0 radical (unpaired) electrons. The van der Waals surface area contributed by atoms with Gasteiger partial charge in [0.1, 0.15) is 5.82 Å². The summed E-state index contributed by atoms with van der Waals surface area (Å²) in [6.45, 7) is 3.86.